The normalized spacial score (nSPS) is 16.3. The van der Waals surface area contributed by atoms with Gasteiger partial charge in [0.05, 0.1) is 18.2 Å². The second-order valence-electron chi connectivity index (χ2n) is 6.51. The Kier molecular flexibility index (Phi) is 5.69. The van der Waals surface area contributed by atoms with Gasteiger partial charge in [0.1, 0.15) is 0 Å². The van der Waals surface area contributed by atoms with Gasteiger partial charge in [0.2, 0.25) is 5.91 Å². The van der Waals surface area contributed by atoms with Gasteiger partial charge in [-0.1, -0.05) is 48.6 Å². The van der Waals surface area contributed by atoms with Crippen LogP contribution < -0.4 is 4.90 Å². The van der Waals surface area contributed by atoms with Crippen LogP contribution in [0.25, 0.3) is 0 Å². The first-order valence-corrected chi connectivity index (χ1v) is 8.88. The van der Waals surface area contributed by atoms with Gasteiger partial charge in [0, 0.05) is 18.5 Å². The molecule has 3 nitrogen and oxygen atoms in total. The van der Waals surface area contributed by atoms with Crippen molar-refractivity contribution in [2.75, 3.05) is 11.4 Å². The molecule has 26 heavy (non-hydrogen) atoms. The van der Waals surface area contributed by atoms with Crippen LogP contribution in [0.2, 0.25) is 0 Å². The SMILES string of the molecule is C=CCc1cc(CC=C)c2c(c1)N(C[CH]c1ccccc1)C(=O)CC2O. The van der Waals surface area contributed by atoms with Gasteiger partial charge in [-0.05, 0) is 35.6 Å². The molecule has 0 aromatic heterocycles. The highest BCUT2D eigenvalue weighted by molar-refractivity contribution is 5.97. The third kappa shape index (κ3) is 3.78. The molecular formula is C23H24NO2. The van der Waals surface area contributed by atoms with Gasteiger partial charge >= 0.3 is 0 Å². The van der Waals surface area contributed by atoms with Crippen LogP contribution in [0, 0.1) is 6.42 Å². The van der Waals surface area contributed by atoms with E-state index in [9.17, 15) is 9.90 Å². The quantitative estimate of drug-likeness (QED) is 0.765. The van der Waals surface area contributed by atoms with Gasteiger partial charge in [0.25, 0.3) is 0 Å². The van der Waals surface area contributed by atoms with Crippen molar-refractivity contribution in [2.45, 2.75) is 25.4 Å². The molecule has 133 valence electrons. The predicted octanol–water partition coefficient (Wildman–Crippen LogP) is 4.17. The minimum atomic E-state index is -0.766. The van der Waals surface area contributed by atoms with Gasteiger partial charge in [0.15, 0.2) is 0 Å². The van der Waals surface area contributed by atoms with Gasteiger partial charge in [-0.2, -0.15) is 0 Å². The maximum Gasteiger partial charge on any atom is 0.229 e. The number of aliphatic hydroxyl groups is 1. The molecule has 2 aromatic rings. The number of benzene rings is 2. The van der Waals surface area contributed by atoms with Crippen molar-refractivity contribution in [1.82, 2.24) is 0 Å². The first-order chi connectivity index (χ1) is 12.6. The largest absolute Gasteiger partial charge is 0.388 e. The van der Waals surface area contributed by atoms with Crippen LogP contribution in [0.15, 0.2) is 67.8 Å². The van der Waals surface area contributed by atoms with Crippen LogP contribution in [0.1, 0.15) is 34.8 Å². The van der Waals surface area contributed by atoms with Crippen LogP contribution in [-0.4, -0.2) is 17.6 Å². The Hall–Kier alpha value is -2.65. The molecule has 0 saturated heterocycles. The monoisotopic (exact) mass is 346 g/mol. The van der Waals surface area contributed by atoms with E-state index in [1.54, 1.807) is 4.90 Å². The van der Waals surface area contributed by atoms with Crippen LogP contribution in [0.4, 0.5) is 5.69 Å². The molecule has 1 radical (unpaired) electrons. The summed E-state index contributed by atoms with van der Waals surface area (Å²) in [5, 5.41) is 10.6. The minimum absolute atomic E-state index is 0.0579. The van der Waals surface area contributed by atoms with Crippen molar-refractivity contribution in [3.63, 3.8) is 0 Å². The lowest BCUT2D eigenvalue weighted by atomic mass is 9.89. The summed E-state index contributed by atoms with van der Waals surface area (Å²) in [6.45, 7) is 8.12. The smallest absolute Gasteiger partial charge is 0.229 e. The number of hydrogen-bond donors (Lipinski definition) is 1. The molecule has 2 aromatic carbocycles. The Labute approximate surface area is 155 Å². The predicted molar refractivity (Wildman–Crippen MR) is 106 cm³/mol. The number of carbonyl (C=O) groups excluding carboxylic acids is 1. The summed E-state index contributed by atoms with van der Waals surface area (Å²) in [6, 6.07) is 14.0. The number of fused-ring (bicyclic) bond motifs is 1. The van der Waals surface area contributed by atoms with E-state index in [-0.39, 0.29) is 12.3 Å². The third-order valence-electron chi connectivity index (χ3n) is 4.65. The lowest BCUT2D eigenvalue weighted by Gasteiger charge is -2.34. The molecule has 3 heteroatoms. The van der Waals surface area contributed by atoms with E-state index in [4.69, 9.17) is 0 Å². The van der Waals surface area contributed by atoms with Crippen molar-refractivity contribution in [3.05, 3.63) is 96.4 Å². The highest BCUT2D eigenvalue weighted by Gasteiger charge is 2.32. The summed E-state index contributed by atoms with van der Waals surface area (Å²) in [5.74, 6) is -0.0579. The number of aliphatic hydroxyl groups excluding tert-OH is 1. The number of amides is 1. The zero-order valence-electron chi connectivity index (χ0n) is 14.9. The Morgan fingerprint density at radius 2 is 1.85 bits per heavy atom. The van der Waals surface area contributed by atoms with E-state index >= 15 is 0 Å². The fourth-order valence-corrected chi connectivity index (χ4v) is 3.48. The molecule has 0 aliphatic carbocycles. The molecule has 1 amide bonds. The van der Waals surface area contributed by atoms with Crippen LogP contribution >= 0.6 is 0 Å². The number of hydrogen-bond acceptors (Lipinski definition) is 2. The Morgan fingerprint density at radius 1 is 1.12 bits per heavy atom. The van der Waals surface area contributed by atoms with Crippen LogP contribution in [0.5, 0.6) is 0 Å². The van der Waals surface area contributed by atoms with Gasteiger partial charge in [-0.15, -0.1) is 13.2 Å². The maximum atomic E-state index is 12.6. The Morgan fingerprint density at radius 3 is 2.54 bits per heavy atom. The zero-order chi connectivity index (χ0) is 18.5. The van der Waals surface area contributed by atoms with E-state index in [0.717, 1.165) is 34.4 Å². The van der Waals surface area contributed by atoms with E-state index in [1.165, 1.54) is 0 Å². The second kappa shape index (κ2) is 8.15. The molecule has 1 aliphatic rings. The summed E-state index contributed by atoms with van der Waals surface area (Å²) < 4.78 is 0. The molecule has 0 saturated carbocycles. The number of allylic oxidation sites excluding steroid dienone is 2. The second-order valence-corrected chi connectivity index (χ2v) is 6.51. The fraction of sp³-hybridized carbons (Fsp3) is 0.217. The van der Waals surface area contributed by atoms with Crippen molar-refractivity contribution >= 4 is 11.6 Å². The summed E-state index contributed by atoms with van der Waals surface area (Å²) in [5.41, 5.74) is 4.83. The summed E-state index contributed by atoms with van der Waals surface area (Å²) in [6.07, 6.45) is 6.44. The lowest BCUT2D eigenvalue weighted by Crippen LogP contribution is -2.38. The van der Waals surface area contributed by atoms with Gasteiger partial charge < -0.3 is 10.0 Å². The Bertz CT molecular complexity index is 810. The maximum absolute atomic E-state index is 12.6. The molecule has 1 atom stereocenters. The van der Waals surface area contributed by atoms with E-state index in [0.29, 0.717) is 13.0 Å². The summed E-state index contributed by atoms with van der Waals surface area (Å²) in [7, 11) is 0. The molecule has 3 rings (SSSR count). The first kappa shape index (κ1) is 18.2. The van der Waals surface area contributed by atoms with Gasteiger partial charge in [-0.3, -0.25) is 4.79 Å². The lowest BCUT2D eigenvalue weighted by molar-refractivity contribution is -0.121. The number of carbonyl (C=O) groups is 1. The van der Waals surface area contributed by atoms with Crippen LogP contribution in [-0.2, 0) is 17.6 Å². The standard InChI is InChI=1S/C23H24NO2/c1-3-8-18-14-19(9-4-2)23-20(15-18)24(22(26)16-21(23)25)13-12-17-10-6-5-7-11-17/h3-7,10-12,14-15,21,25H,1-2,8-9,13,16H2. The summed E-state index contributed by atoms with van der Waals surface area (Å²) in [4.78, 5) is 14.4. The Balaban J connectivity index is 1.99. The molecule has 1 unspecified atom stereocenters. The first-order valence-electron chi connectivity index (χ1n) is 8.88. The molecule has 1 N–H and O–H groups in total. The molecule has 0 bridgehead atoms. The fourth-order valence-electron chi connectivity index (χ4n) is 3.48. The summed E-state index contributed by atoms with van der Waals surface area (Å²) >= 11 is 0. The van der Waals surface area contributed by atoms with E-state index < -0.39 is 6.10 Å². The molecular weight excluding hydrogens is 322 g/mol. The topological polar surface area (TPSA) is 40.5 Å². The average Bonchev–Trinajstić information content (AvgIpc) is 2.62. The minimum Gasteiger partial charge on any atom is -0.388 e. The van der Waals surface area contributed by atoms with Crippen molar-refractivity contribution in [1.29, 1.82) is 0 Å². The molecule has 0 spiro atoms. The number of nitrogens with zero attached hydrogens (tertiary/aromatic N) is 1. The number of anilines is 1. The van der Waals surface area contributed by atoms with E-state index in [1.807, 2.05) is 55.0 Å². The van der Waals surface area contributed by atoms with Crippen LogP contribution in [0.3, 0.4) is 0 Å². The molecule has 0 fully saturated rings. The third-order valence-corrected chi connectivity index (χ3v) is 4.65. The zero-order valence-corrected chi connectivity index (χ0v) is 14.9. The average molecular weight is 346 g/mol. The van der Waals surface area contributed by atoms with Crippen molar-refractivity contribution in [2.24, 2.45) is 0 Å². The van der Waals surface area contributed by atoms with Crippen molar-refractivity contribution < 1.29 is 9.90 Å². The molecule has 1 aliphatic heterocycles. The number of rotatable bonds is 7. The van der Waals surface area contributed by atoms with E-state index in [2.05, 4.69) is 19.2 Å². The van der Waals surface area contributed by atoms with Gasteiger partial charge in [-0.25, -0.2) is 0 Å². The highest BCUT2D eigenvalue weighted by atomic mass is 16.3. The molecule has 1 heterocycles. The highest BCUT2D eigenvalue weighted by Crippen LogP contribution is 2.38. The van der Waals surface area contributed by atoms with Crippen molar-refractivity contribution in [3.8, 4) is 0 Å².